The lowest BCUT2D eigenvalue weighted by Crippen LogP contribution is -2.42. The number of benzene rings is 1. The molecule has 2 aromatic heterocycles. The van der Waals surface area contributed by atoms with Gasteiger partial charge < -0.3 is 9.64 Å². The van der Waals surface area contributed by atoms with Crippen molar-refractivity contribution in [1.29, 1.82) is 0 Å². The summed E-state index contributed by atoms with van der Waals surface area (Å²) >= 11 is 5.95. The summed E-state index contributed by atoms with van der Waals surface area (Å²) in [5, 5.41) is 5.95. The van der Waals surface area contributed by atoms with Crippen molar-refractivity contribution in [2.24, 2.45) is 7.05 Å². The molecule has 3 aromatic rings. The second-order valence-electron chi connectivity index (χ2n) is 6.47. The van der Waals surface area contributed by atoms with Crippen LogP contribution in [-0.2, 0) is 11.8 Å². The highest BCUT2D eigenvalue weighted by Crippen LogP contribution is 2.25. The molecule has 0 saturated carbocycles. The fraction of sp³-hybridized carbons (Fsp3) is 0.316. The number of pyridine rings is 1. The zero-order valence-electron chi connectivity index (χ0n) is 14.6. The highest BCUT2D eigenvalue weighted by Gasteiger charge is 2.26. The monoisotopic (exact) mass is 370 g/mol. The molecule has 3 heterocycles. The van der Waals surface area contributed by atoms with Gasteiger partial charge in [0.05, 0.1) is 24.4 Å². The number of rotatable bonds is 2. The summed E-state index contributed by atoms with van der Waals surface area (Å²) in [7, 11) is 1.85. The lowest BCUT2D eigenvalue weighted by molar-refractivity contribution is -0.0228. The van der Waals surface area contributed by atoms with Gasteiger partial charge in [0.2, 0.25) is 0 Å². The van der Waals surface area contributed by atoms with E-state index >= 15 is 0 Å². The number of amides is 1. The Hall–Kier alpha value is -2.44. The number of halogens is 1. The van der Waals surface area contributed by atoms with Gasteiger partial charge >= 0.3 is 0 Å². The van der Waals surface area contributed by atoms with Gasteiger partial charge in [-0.3, -0.25) is 9.48 Å². The van der Waals surface area contributed by atoms with E-state index in [4.69, 9.17) is 16.3 Å². The van der Waals surface area contributed by atoms with Gasteiger partial charge in [-0.15, -0.1) is 0 Å². The van der Waals surface area contributed by atoms with E-state index in [9.17, 15) is 4.79 Å². The molecule has 0 aliphatic carbocycles. The van der Waals surface area contributed by atoms with Crippen LogP contribution in [0.15, 0.2) is 36.5 Å². The van der Waals surface area contributed by atoms with E-state index in [0.29, 0.717) is 30.3 Å². The van der Waals surface area contributed by atoms with E-state index in [1.165, 1.54) is 0 Å². The SMILES string of the molecule is Cc1nn(C)c2ncc(C(=O)N3CCOC(c4ccc(Cl)cc4)C3)cc12. The number of fused-ring (bicyclic) bond motifs is 1. The molecule has 1 amide bonds. The smallest absolute Gasteiger partial charge is 0.255 e. The third-order valence-electron chi connectivity index (χ3n) is 4.71. The molecule has 134 valence electrons. The summed E-state index contributed by atoms with van der Waals surface area (Å²) in [6.07, 6.45) is 1.47. The highest BCUT2D eigenvalue weighted by atomic mass is 35.5. The van der Waals surface area contributed by atoms with Crippen LogP contribution in [0.25, 0.3) is 11.0 Å². The van der Waals surface area contributed by atoms with Crippen molar-refractivity contribution >= 4 is 28.5 Å². The van der Waals surface area contributed by atoms with Crippen LogP contribution in [-0.4, -0.2) is 45.3 Å². The number of carbonyl (C=O) groups excluding carboxylic acids is 1. The summed E-state index contributed by atoms with van der Waals surface area (Å²) in [6.45, 7) is 3.49. The molecule has 1 unspecified atom stereocenters. The third-order valence-corrected chi connectivity index (χ3v) is 4.96. The zero-order valence-corrected chi connectivity index (χ0v) is 15.4. The molecule has 1 aliphatic rings. The van der Waals surface area contributed by atoms with Crippen LogP contribution in [0, 0.1) is 6.92 Å². The van der Waals surface area contributed by atoms with E-state index in [1.807, 2.05) is 49.2 Å². The second-order valence-corrected chi connectivity index (χ2v) is 6.90. The first-order valence-corrected chi connectivity index (χ1v) is 8.86. The molecule has 6 nitrogen and oxygen atoms in total. The van der Waals surface area contributed by atoms with Crippen LogP contribution >= 0.6 is 11.6 Å². The van der Waals surface area contributed by atoms with E-state index in [-0.39, 0.29) is 12.0 Å². The molecule has 7 heteroatoms. The number of carbonyl (C=O) groups is 1. The Bertz CT molecular complexity index is 968. The standard InChI is InChI=1S/C19H19ClN4O2/c1-12-16-9-14(10-21-18(16)23(2)22-12)19(25)24-7-8-26-17(11-24)13-3-5-15(20)6-4-13/h3-6,9-10,17H,7-8,11H2,1-2H3. The molecule has 0 N–H and O–H groups in total. The van der Waals surface area contributed by atoms with Gasteiger partial charge in [-0.2, -0.15) is 5.10 Å². The van der Waals surface area contributed by atoms with Crippen molar-refractivity contribution in [3.05, 3.63) is 58.4 Å². The van der Waals surface area contributed by atoms with E-state index < -0.39 is 0 Å². The molecule has 0 spiro atoms. The Morgan fingerprint density at radius 3 is 2.85 bits per heavy atom. The largest absolute Gasteiger partial charge is 0.370 e. The molecule has 1 atom stereocenters. The predicted octanol–water partition coefficient (Wildman–Crippen LogP) is 3.14. The summed E-state index contributed by atoms with van der Waals surface area (Å²) in [5.74, 6) is -0.0371. The molecule has 1 aromatic carbocycles. The Morgan fingerprint density at radius 1 is 1.31 bits per heavy atom. The average molecular weight is 371 g/mol. The van der Waals surface area contributed by atoms with E-state index in [1.54, 1.807) is 10.9 Å². The van der Waals surface area contributed by atoms with Gasteiger partial charge in [0.1, 0.15) is 6.10 Å². The average Bonchev–Trinajstić information content (AvgIpc) is 2.95. The Labute approximate surface area is 156 Å². The van der Waals surface area contributed by atoms with Crippen molar-refractivity contribution < 1.29 is 9.53 Å². The summed E-state index contributed by atoms with van der Waals surface area (Å²) in [5.41, 5.74) is 3.24. The zero-order chi connectivity index (χ0) is 18.3. The van der Waals surface area contributed by atoms with Gasteiger partial charge in [-0.05, 0) is 30.7 Å². The van der Waals surface area contributed by atoms with Crippen molar-refractivity contribution in [2.45, 2.75) is 13.0 Å². The first-order chi connectivity index (χ1) is 12.5. The molecule has 4 rings (SSSR count). The van der Waals surface area contributed by atoms with Crippen LogP contribution in [0.5, 0.6) is 0 Å². The number of ether oxygens (including phenoxy) is 1. The number of hydrogen-bond acceptors (Lipinski definition) is 4. The van der Waals surface area contributed by atoms with Gasteiger partial charge in [-0.1, -0.05) is 23.7 Å². The fourth-order valence-electron chi connectivity index (χ4n) is 3.32. The van der Waals surface area contributed by atoms with Crippen LogP contribution in [0.4, 0.5) is 0 Å². The molecule has 1 aliphatic heterocycles. The molecule has 1 fully saturated rings. The number of hydrogen-bond donors (Lipinski definition) is 0. The third kappa shape index (κ3) is 3.06. The Morgan fingerprint density at radius 2 is 2.08 bits per heavy atom. The highest BCUT2D eigenvalue weighted by molar-refractivity contribution is 6.30. The van der Waals surface area contributed by atoms with E-state index in [0.717, 1.165) is 22.3 Å². The minimum absolute atomic E-state index is 0.0371. The first-order valence-electron chi connectivity index (χ1n) is 8.48. The number of aromatic nitrogens is 3. The van der Waals surface area contributed by atoms with Gasteiger partial charge in [0, 0.05) is 30.2 Å². The van der Waals surface area contributed by atoms with Gasteiger partial charge in [0.25, 0.3) is 5.91 Å². The van der Waals surface area contributed by atoms with Crippen LogP contribution in [0.1, 0.15) is 27.7 Å². The van der Waals surface area contributed by atoms with Crippen molar-refractivity contribution in [3.8, 4) is 0 Å². The molecule has 0 bridgehead atoms. The first kappa shape index (κ1) is 17.0. The maximum Gasteiger partial charge on any atom is 0.255 e. The quantitative estimate of drug-likeness (QED) is 0.695. The predicted molar refractivity (Wildman–Crippen MR) is 99.3 cm³/mol. The summed E-state index contributed by atoms with van der Waals surface area (Å²) in [4.78, 5) is 19.2. The topological polar surface area (TPSA) is 60.2 Å². The molecule has 1 saturated heterocycles. The number of morpholine rings is 1. The van der Waals surface area contributed by atoms with Crippen LogP contribution < -0.4 is 0 Å². The second kappa shape index (κ2) is 6.70. The Balaban J connectivity index is 1.57. The summed E-state index contributed by atoms with van der Waals surface area (Å²) < 4.78 is 7.57. The molecular formula is C19H19ClN4O2. The van der Waals surface area contributed by atoms with Crippen molar-refractivity contribution in [2.75, 3.05) is 19.7 Å². The van der Waals surface area contributed by atoms with Crippen LogP contribution in [0.3, 0.4) is 0 Å². The minimum Gasteiger partial charge on any atom is -0.370 e. The van der Waals surface area contributed by atoms with Crippen molar-refractivity contribution in [1.82, 2.24) is 19.7 Å². The normalized spacial score (nSPS) is 17.7. The minimum atomic E-state index is -0.151. The molecule has 26 heavy (non-hydrogen) atoms. The van der Waals surface area contributed by atoms with Gasteiger partial charge in [-0.25, -0.2) is 4.98 Å². The lowest BCUT2D eigenvalue weighted by Gasteiger charge is -2.33. The maximum atomic E-state index is 13.0. The van der Waals surface area contributed by atoms with Crippen LogP contribution in [0.2, 0.25) is 5.02 Å². The molecule has 0 radical (unpaired) electrons. The number of nitrogens with zero attached hydrogens (tertiary/aromatic N) is 4. The number of aryl methyl sites for hydroxylation is 2. The van der Waals surface area contributed by atoms with E-state index in [2.05, 4.69) is 10.1 Å². The van der Waals surface area contributed by atoms with Crippen molar-refractivity contribution in [3.63, 3.8) is 0 Å². The fourth-order valence-corrected chi connectivity index (χ4v) is 3.45. The Kier molecular flexibility index (Phi) is 4.38. The lowest BCUT2D eigenvalue weighted by atomic mass is 10.1. The summed E-state index contributed by atoms with van der Waals surface area (Å²) in [6, 6.07) is 9.43. The van der Waals surface area contributed by atoms with Gasteiger partial charge in [0.15, 0.2) is 5.65 Å². The molecular weight excluding hydrogens is 352 g/mol. The maximum absolute atomic E-state index is 13.0.